The molecule has 1 aliphatic carbocycles. The molecule has 1 saturated carbocycles. The van der Waals surface area contributed by atoms with E-state index in [1.54, 1.807) is 6.92 Å². The Bertz CT molecular complexity index is 287. The van der Waals surface area contributed by atoms with Crippen LogP contribution in [0.15, 0.2) is 0 Å². The maximum atomic E-state index is 11.6. The summed E-state index contributed by atoms with van der Waals surface area (Å²) in [5.41, 5.74) is 0. The van der Waals surface area contributed by atoms with Crippen molar-refractivity contribution in [2.75, 3.05) is 19.8 Å². The van der Waals surface area contributed by atoms with Crippen LogP contribution in [0.2, 0.25) is 0 Å². The Balaban J connectivity index is 2.08. The number of rotatable bonds is 8. The molecule has 0 radical (unpaired) electrons. The summed E-state index contributed by atoms with van der Waals surface area (Å²) >= 11 is 0. The van der Waals surface area contributed by atoms with E-state index < -0.39 is 6.10 Å². The number of amides is 1. The molecule has 0 heterocycles. The first-order valence-electron chi connectivity index (χ1n) is 6.54. The van der Waals surface area contributed by atoms with Gasteiger partial charge in [0.2, 0.25) is 5.91 Å². The number of hydrogen-bond acceptors (Lipinski definition) is 4. The van der Waals surface area contributed by atoms with E-state index in [-0.39, 0.29) is 18.4 Å². The van der Waals surface area contributed by atoms with E-state index in [9.17, 15) is 9.59 Å². The van der Waals surface area contributed by atoms with Gasteiger partial charge >= 0.3 is 5.97 Å². The second kappa shape index (κ2) is 7.36. The predicted molar refractivity (Wildman–Crippen MR) is 66.9 cm³/mol. The number of carbonyl (C=O) groups is 2. The highest BCUT2D eigenvalue weighted by atomic mass is 16.5. The lowest BCUT2D eigenvalue weighted by molar-refractivity contribution is -0.145. The monoisotopic (exact) mass is 257 g/mol. The summed E-state index contributed by atoms with van der Waals surface area (Å²) in [7, 11) is 0. The van der Waals surface area contributed by atoms with Gasteiger partial charge in [0.25, 0.3) is 0 Å². The van der Waals surface area contributed by atoms with Crippen LogP contribution < -0.4 is 5.32 Å². The Labute approximate surface area is 108 Å². The van der Waals surface area contributed by atoms with E-state index in [4.69, 9.17) is 9.47 Å². The molecule has 0 aromatic carbocycles. The molecule has 0 aliphatic heterocycles. The van der Waals surface area contributed by atoms with Gasteiger partial charge in [0.15, 0.2) is 0 Å². The lowest BCUT2D eigenvalue weighted by Crippen LogP contribution is -2.38. The number of nitrogens with one attached hydrogen (secondary N) is 1. The molecule has 1 amide bonds. The first-order chi connectivity index (χ1) is 8.49. The fraction of sp³-hybridized carbons (Fsp3) is 0.846. The standard InChI is InChI=1S/C13H23NO4/c1-9(2)7-17-10(3)13(16)14-6-12(15)18-8-11-4-5-11/h9-11H,4-8H2,1-3H3,(H,14,16)/t10-/m0/s1. The Kier molecular flexibility index (Phi) is 6.12. The van der Waals surface area contributed by atoms with Crippen molar-refractivity contribution in [3.05, 3.63) is 0 Å². The van der Waals surface area contributed by atoms with E-state index in [1.807, 2.05) is 13.8 Å². The zero-order chi connectivity index (χ0) is 13.5. The quantitative estimate of drug-likeness (QED) is 0.662. The van der Waals surface area contributed by atoms with Gasteiger partial charge < -0.3 is 14.8 Å². The molecule has 1 aliphatic rings. The average Bonchev–Trinajstić information content (AvgIpc) is 3.14. The second-order valence-electron chi connectivity index (χ2n) is 5.21. The largest absolute Gasteiger partial charge is 0.464 e. The number of hydrogen-bond donors (Lipinski definition) is 1. The van der Waals surface area contributed by atoms with Crippen molar-refractivity contribution in [2.45, 2.75) is 39.7 Å². The van der Waals surface area contributed by atoms with Crippen LogP contribution in [0.5, 0.6) is 0 Å². The maximum Gasteiger partial charge on any atom is 0.325 e. The molecule has 104 valence electrons. The van der Waals surface area contributed by atoms with Crippen LogP contribution in [-0.4, -0.2) is 37.7 Å². The minimum Gasteiger partial charge on any atom is -0.464 e. The van der Waals surface area contributed by atoms with Gasteiger partial charge in [-0.2, -0.15) is 0 Å². The van der Waals surface area contributed by atoms with Crippen molar-refractivity contribution >= 4 is 11.9 Å². The van der Waals surface area contributed by atoms with E-state index in [0.29, 0.717) is 25.0 Å². The molecule has 1 rings (SSSR count). The lowest BCUT2D eigenvalue weighted by Gasteiger charge is -2.14. The summed E-state index contributed by atoms with van der Waals surface area (Å²) in [6, 6.07) is 0. The molecule has 0 spiro atoms. The molecular weight excluding hydrogens is 234 g/mol. The number of ether oxygens (including phenoxy) is 2. The van der Waals surface area contributed by atoms with Gasteiger partial charge in [0.1, 0.15) is 12.6 Å². The van der Waals surface area contributed by atoms with Crippen molar-refractivity contribution in [1.82, 2.24) is 5.32 Å². The molecule has 0 saturated heterocycles. The molecule has 1 N–H and O–H groups in total. The minimum absolute atomic E-state index is 0.0824. The van der Waals surface area contributed by atoms with Gasteiger partial charge in [-0.25, -0.2) is 0 Å². The summed E-state index contributed by atoms with van der Waals surface area (Å²) < 4.78 is 10.3. The topological polar surface area (TPSA) is 64.6 Å². The van der Waals surface area contributed by atoms with Gasteiger partial charge in [-0.3, -0.25) is 9.59 Å². The number of carbonyl (C=O) groups excluding carboxylic acids is 2. The Hall–Kier alpha value is -1.10. The molecule has 1 fully saturated rings. The third-order valence-corrected chi connectivity index (χ3v) is 2.63. The molecule has 0 aromatic rings. The van der Waals surface area contributed by atoms with Crippen molar-refractivity contribution in [1.29, 1.82) is 0 Å². The highest BCUT2D eigenvalue weighted by molar-refractivity contribution is 5.84. The first-order valence-corrected chi connectivity index (χ1v) is 6.54. The van der Waals surface area contributed by atoms with E-state index in [0.717, 1.165) is 12.8 Å². The Morgan fingerprint density at radius 1 is 1.28 bits per heavy atom. The van der Waals surface area contributed by atoms with Gasteiger partial charge in [-0.05, 0) is 31.6 Å². The van der Waals surface area contributed by atoms with Crippen LogP contribution in [0.1, 0.15) is 33.6 Å². The summed E-state index contributed by atoms with van der Waals surface area (Å²) in [5.74, 6) is 0.257. The first kappa shape index (κ1) is 15.0. The lowest BCUT2D eigenvalue weighted by atomic mass is 10.2. The highest BCUT2D eigenvalue weighted by Crippen LogP contribution is 2.28. The average molecular weight is 257 g/mol. The molecular formula is C13H23NO4. The van der Waals surface area contributed by atoms with Gasteiger partial charge in [-0.1, -0.05) is 13.8 Å². The highest BCUT2D eigenvalue weighted by Gasteiger charge is 2.23. The fourth-order valence-electron chi connectivity index (χ4n) is 1.26. The van der Waals surface area contributed by atoms with E-state index >= 15 is 0 Å². The van der Waals surface area contributed by atoms with Crippen LogP contribution >= 0.6 is 0 Å². The summed E-state index contributed by atoms with van der Waals surface area (Å²) in [6.45, 7) is 6.63. The Morgan fingerprint density at radius 3 is 2.50 bits per heavy atom. The van der Waals surface area contributed by atoms with Crippen LogP contribution in [0, 0.1) is 11.8 Å². The minimum atomic E-state index is -0.538. The SMILES string of the molecule is CC(C)CO[C@@H](C)C(=O)NCC(=O)OCC1CC1. The van der Waals surface area contributed by atoms with Gasteiger partial charge in [-0.15, -0.1) is 0 Å². The van der Waals surface area contributed by atoms with Crippen molar-refractivity contribution in [3.8, 4) is 0 Å². The molecule has 0 bridgehead atoms. The van der Waals surface area contributed by atoms with E-state index in [2.05, 4.69) is 5.32 Å². The maximum absolute atomic E-state index is 11.6. The van der Waals surface area contributed by atoms with Crippen LogP contribution in [-0.2, 0) is 19.1 Å². The van der Waals surface area contributed by atoms with E-state index in [1.165, 1.54) is 0 Å². The molecule has 18 heavy (non-hydrogen) atoms. The molecule has 0 unspecified atom stereocenters. The van der Waals surface area contributed by atoms with Crippen LogP contribution in [0.25, 0.3) is 0 Å². The zero-order valence-electron chi connectivity index (χ0n) is 11.4. The van der Waals surface area contributed by atoms with Crippen molar-refractivity contribution in [3.63, 3.8) is 0 Å². The summed E-state index contributed by atoms with van der Waals surface area (Å²) in [4.78, 5) is 22.9. The predicted octanol–water partition coefficient (Wildman–Crippen LogP) is 1.12. The van der Waals surface area contributed by atoms with Gasteiger partial charge in [0.05, 0.1) is 6.61 Å². The van der Waals surface area contributed by atoms with Crippen LogP contribution in [0.3, 0.4) is 0 Å². The van der Waals surface area contributed by atoms with Crippen molar-refractivity contribution < 1.29 is 19.1 Å². The smallest absolute Gasteiger partial charge is 0.325 e. The zero-order valence-corrected chi connectivity index (χ0v) is 11.4. The molecule has 5 heteroatoms. The van der Waals surface area contributed by atoms with Gasteiger partial charge in [0, 0.05) is 6.61 Å². The molecule has 0 aromatic heterocycles. The third kappa shape index (κ3) is 6.59. The van der Waals surface area contributed by atoms with Crippen LogP contribution in [0.4, 0.5) is 0 Å². The van der Waals surface area contributed by atoms with Crippen molar-refractivity contribution in [2.24, 2.45) is 11.8 Å². The normalized spacial score (nSPS) is 16.4. The summed E-state index contributed by atoms with van der Waals surface area (Å²) in [5, 5.41) is 2.51. The Morgan fingerprint density at radius 2 is 1.94 bits per heavy atom. The molecule has 5 nitrogen and oxygen atoms in total. The second-order valence-corrected chi connectivity index (χ2v) is 5.21. The molecule has 1 atom stereocenters. The third-order valence-electron chi connectivity index (χ3n) is 2.63. The number of esters is 1. The fourth-order valence-corrected chi connectivity index (χ4v) is 1.26. The summed E-state index contributed by atoms with van der Waals surface area (Å²) in [6.07, 6.45) is 1.74.